The molecule has 0 aromatic heterocycles. The molecule has 0 spiro atoms. The number of anilines is 2. The maximum Gasteiger partial charge on any atom is 0.243 e. The smallest absolute Gasteiger partial charge is 0.243 e. The molecule has 0 aliphatic heterocycles. The fourth-order valence-electron chi connectivity index (χ4n) is 1.91. The molecule has 0 saturated heterocycles. The third kappa shape index (κ3) is 4.15. The maximum atomic E-state index is 13.4. The van der Waals surface area contributed by atoms with E-state index in [0.717, 1.165) is 0 Å². The molecule has 0 radical (unpaired) electrons. The number of nitrogens with one attached hydrogen (secondary N) is 2. The van der Waals surface area contributed by atoms with Gasteiger partial charge < -0.3 is 10.6 Å². The Labute approximate surface area is 128 Å². The van der Waals surface area contributed by atoms with Crippen LogP contribution in [0.5, 0.6) is 0 Å². The second kappa shape index (κ2) is 6.85. The lowest BCUT2D eigenvalue weighted by molar-refractivity contribution is -0.114. The fourth-order valence-corrected chi connectivity index (χ4v) is 1.91. The Kier molecular flexibility index (Phi) is 4.88. The fraction of sp³-hybridized carbons (Fsp3) is 0.176. The van der Waals surface area contributed by atoms with Crippen molar-refractivity contribution in [1.82, 2.24) is 0 Å². The number of Topliss-reactive ketones (excluding diaryl/α,β-unsaturated/α-hetero) is 1. The van der Waals surface area contributed by atoms with E-state index in [-0.39, 0.29) is 24.1 Å². The van der Waals surface area contributed by atoms with E-state index < -0.39 is 0 Å². The summed E-state index contributed by atoms with van der Waals surface area (Å²) in [7, 11) is 0. The van der Waals surface area contributed by atoms with E-state index >= 15 is 0 Å². The summed E-state index contributed by atoms with van der Waals surface area (Å²) < 4.78 is 13.4. The molecular formula is C17H17FN2O2. The largest absolute Gasteiger partial charge is 0.376 e. The van der Waals surface area contributed by atoms with Crippen LogP contribution in [0.3, 0.4) is 0 Å². The van der Waals surface area contributed by atoms with Crippen LogP contribution in [0.1, 0.15) is 22.8 Å². The molecule has 22 heavy (non-hydrogen) atoms. The number of carbonyl (C=O) groups is 2. The monoisotopic (exact) mass is 300 g/mol. The molecule has 4 nitrogen and oxygen atoms in total. The third-order valence-corrected chi connectivity index (χ3v) is 3.18. The minimum Gasteiger partial charge on any atom is -0.376 e. The number of amides is 1. The number of ketones is 1. The lowest BCUT2D eigenvalue weighted by Crippen LogP contribution is -2.21. The molecule has 2 aromatic carbocycles. The molecule has 2 N–H and O–H groups in total. The maximum absolute atomic E-state index is 13.4. The number of carbonyl (C=O) groups excluding carboxylic acids is 2. The Bertz CT molecular complexity index is 714. The second-order valence-corrected chi connectivity index (χ2v) is 5.00. The Morgan fingerprint density at radius 1 is 1.09 bits per heavy atom. The first-order valence-corrected chi connectivity index (χ1v) is 6.86. The normalized spacial score (nSPS) is 10.1. The summed E-state index contributed by atoms with van der Waals surface area (Å²) in [6.07, 6.45) is 0. The summed E-state index contributed by atoms with van der Waals surface area (Å²) in [5.74, 6) is -0.695. The zero-order chi connectivity index (χ0) is 16.1. The minimum atomic E-state index is -0.361. The van der Waals surface area contributed by atoms with Crippen LogP contribution < -0.4 is 10.6 Å². The topological polar surface area (TPSA) is 58.2 Å². The van der Waals surface area contributed by atoms with Crippen LogP contribution in [-0.2, 0) is 4.79 Å². The Morgan fingerprint density at radius 2 is 1.86 bits per heavy atom. The zero-order valence-electron chi connectivity index (χ0n) is 12.4. The van der Waals surface area contributed by atoms with Crippen molar-refractivity contribution in [2.45, 2.75) is 13.8 Å². The quantitative estimate of drug-likeness (QED) is 0.832. The van der Waals surface area contributed by atoms with Gasteiger partial charge >= 0.3 is 0 Å². The number of benzene rings is 2. The Balaban J connectivity index is 1.94. The molecule has 0 fully saturated rings. The van der Waals surface area contributed by atoms with Gasteiger partial charge in [-0.15, -0.1) is 0 Å². The first kappa shape index (κ1) is 15.7. The minimum absolute atomic E-state index is 0.0247. The third-order valence-electron chi connectivity index (χ3n) is 3.18. The van der Waals surface area contributed by atoms with E-state index in [1.807, 2.05) is 0 Å². The molecular weight excluding hydrogens is 283 g/mol. The first-order chi connectivity index (χ1) is 10.5. The predicted octanol–water partition coefficient (Wildman–Crippen LogP) is 3.39. The summed E-state index contributed by atoms with van der Waals surface area (Å²) in [4.78, 5) is 23.1. The van der Waals surface area contributed by atoms with Crippen molar-refractivity contribution in [3.63, 3.8) is 0 Å². The van der Waals surface area contributed by atoms with E-state index in [1.54, 1.807) is 43.3 Å². The van der Waals surface area contributed by atoms with Gasteiger partial charge in [-0.2, -0.15) is 0 Å². The van der Waals surface area contributed by atoms with E-state index in [2.05, 4.69) is 10.6 Å². The van der Waals surface area contributed by atoms with Crippen LogP contribution >= 0.6 is 0 Å². The van der Waals surface area contributed by atoms with Crippen molar-refractivity contribution in [3.05, 3.63) is 59.4 Å². The van der Waals surface area contributed by atoms with Gasteiger partial charge in [0.25, 0.3) is 0 Å². The van der Waals surface area contributed by atoms with Gasteiger partial charge in [-0.25, -0.2) is 4.39 Å². The lowest BCUT2D eigenvalue weighted by atomic mass is 10.1. The highest BCUT2D eigenvalue weighted by Gasteiger charge is 2.05. The molecule has 0 heterocycles. The van der Waals surface area contributed by atoms with Crippen molar-refractivity contribution in [3.8, 4) is 0 Å². The van der Waals surface area contributed by atoms with Gasteiger partial charge in [-0.1, -0.05) is 18.2 Å². The van der Waals surface area contributed by atoms with Crippen LogP contribution in [0.4, 0.5) is 15.8 Å². The van der Waals surface area contributed by atoms with Crippen molar-refractivity contribution >= 4 is 23.1 Å². The van der Waals surface area contributed by atoms with Crippen LogP contribution in [0, 0.1) is 12.7 Å². The van der Waals surface area contributed by atoms with Gasteiger partial charge in [0, 0.05) is 16.9 Å². The van der Waals surface area contributed by atoms with Crippen LogP contribution in [-0.4, -0.2) is 18.2 Å². The number of hydrogen-bond acceptors (Lipinski definition) is 3. The molecule has 5 heteroatoms. The molecule has 0 saturated carbocycles. The number of halogens is 1. The average molecular weight is 300 g/mol. The first-order valence-electron chi connectivity index (χ1n) is 6.86. The van der Waals surface area contributed by atoms with Crippen LogP contribution in [0.2, 0.25) is 0 Å². The standard InChI is InChI=1S/C17H17FN2O2/c1-11-6-7-15(9-16(11)18)20-17(22)10-19-14-5-3-4-13(8-14)12(2)21/h3-9,19H,10H2,1-2H3,(H,20,22). The Hall–Kier alpha value is -2.69. The van der Waals surface area contributed by atoms with Gasteiger partial charge in [0.2, 0.25) is 5.91 Å². The average Bonchev–Trinajstić information content (AvgIpc) is 2.49. The van der Waals surface area contributed by atoms with Gasteiger partial charge in [-0.3, -0.25) is 9.59 Å². The van der Waals surface area contributed by atoms with Crippen LogP contribution in [0.15, 0.2) is 42.5 Å². The molecule has 0 bridgehead atoms. The van der Waals surface area contributed by atoms with E-state index in [0.29, 0.717) is 22.5 Å². The zero-order valence-corrected chi connectivity index (χ0v) is 12.4. The number of hydrogen-bond donors (Lipinski definition) is 2. The van der Waals surface area contributed by atoms with Crippen molar-refractivity contribution in [1.29, 1.82) is 0 Å². The van der Waals surface area contributed by atoms with Crippen molar-refractivity contribution < 1.29 is 14.0 Å². The summed E-state index contributed by atoms with van der Waals surface area (Å²) in [5.41, 5.74) is 2.19. The molecule has 0 aliphatic carbocycles. The summed E-state index contributed by atoms with van der Waals surface area (Å²) in [5, 5.41) is 5.54. The van der Waals surface area contributed by atoms with Gasteiger partial charge in [0.15, 0.2) is 5.78 Å². The van der Waals surface area contributed by atoms with Crippen LogP contribution in [0.25, 0.3) is 0 Å². The van der Waals surface area contributed by atoms with Gasteiger partial charge in [0.1, 0.15) is 5.82 Å². The number of aryl methyl sites for hydroxylation is 1. The molecule has 0 unspecified atom stereocenters. The molecule has 2 aromatic rings. The van der Waals surface area contributed by atoms with E-state index in [9.17, 15) is 14.0 Å². The van der Waals surface area contributed by atoms with Gasteiger partial charge in [0.05, 0.1) is 6.54 Å². The SMILES string of the molecule is CC(=O)c1cccc(NCC(=O)Nc2ccc(C)c(F)c2)c1. The summed E-state index contributed by atoms with van der Waals surface area (Å²) >= 11 is 0. The Morgan fingerprint density at radius 3 is 2.55 bits per heavy atom. The van der Waals surface area contributed by atoms with Crippen molar-refractivity contribution in [2.75, 3.05) is 17.2 Å². The van der Waals surface area contributed by atoms with Crippen molar-refractivity contribution in [2.24, 2.45) is 0 Å². The van der Waals surface area contributed by atoms with Gasteiger partial charge in [-0.05, 0) is 43.7 Å². The molecule has 1 amide bonds. The predicted molar refractivity (Wildman–Crippen MR) is 84.7 cm³/mol. The molecule has 0 aliphatic rings. The molecule has 0 atom stereocenters. The summed E-state index contributed by atoms with van der Waals surface area (Å²) in [6, 6.07) is 11.4. The second-order valence-electron chi connectivity index (χ2n) is 5.00. The van der Waals surface area contributed by atoms with E-state index in [4.69, 9.17) is 0 Å². The molecule has 114 valence electrons. The highest BCUT2D eigenvalue weighted by Crippen LogP contribution is 2.14. The lowest BCUT2D eigenvalue weighted by Gasteiger charge is -2.09. The highest BCUT2D eigenvalue weighted by atomic mass is 19.1. The number of rotatable bonds is 5. The highest BCUT2D eigenvalue weighted by molar-refractivity contribution is 5.96. The molecule has 2 rings (SSSR count). The van der Waals surface area contributed by atoms with E-state index in [1.165, 1.54) is 13.0 Å². The summed E-state index contributed by atoms with van der Waals surface area (Å²) in [6.45, 7) is 3.17.